The Hall–Kier alpha value is -8.14. The van der Waals surface area contributed by atoms with E-state index < -0.39 is 0 Å². The quantitative estimate of drug-likeness (QED) is 0.149. The number of aryl methyl sites for hydroxylation is 2. The van der Waals surface area contributed by atoms with Gasteiger partial charge in [-0.3, -0.25) is 0 Å². The molecule has 3 nitrogen and oxygen atoms in total. The number of fused-ring (bicyclic) bond motifs is 11. The molecule has 386 valence electrons. The van der Waals surface area contributed by atoms with E-state index in [-0.39, 0.29) is 0 Å². The van der Waals surface area contributed by atoms with Crippen molar-refractivity contribution in [1.29, 1.82) is 0 Å². The van der Waals surface area contributed by atoms with Gasteiger partial charge in [0.15, 0.2) is 0 Å². The van der Waals surface area contributed by atoms with Gasteiger partial charge in [0.25, 0.3) is 0 Å². The Bertz CT molecular complexity index is 3790. The van der Waals surface area contributed by atoms with Gasteiger partial charge >= 0.3 is 0 Å². The van der Waals surface area contributed by atoms with Crippen molar-refractivity contribution in [1.82, 2.24) is 4.57 Å². The van der Waals surface area contributed by atoms with Crippen LogP contribution in [0, 0.1) is 13.8 Å². The van der Waals surface area contributed by atoms with Gasteiger partial charge in [-0.1, -0.05) is 205 Å². The molecule has 3 heteroatoms. The SMILES string of the molecule is C=C/C(C1=CC=CCC1)=C(C)\C=C/C.C=C/C=C\c1c(C)c2c3c(ccc2n1C1=CCC=C(C)C=C1)Cc1cccc(-c2ccc4oc5ccccc5c4c2)c1-3.CC.CC.CC.Cc1ccc2oc3ccccc3c2c1. The highest BCUT2D eigenvalue weighted by Crippen LogP contribution is 2.49. The molecule has 3 aromatic heterocycles. The van der Waals surface area contributed by atoms with E-state index in [1.807, 2.05) is 103 Å². The van der Waals surface area contributed by atoms with Crippen LogP contribution < -0.4 is 0 Å². The highest BCUT2D eigenvalue weighted by Gasteiger charge is 2.28. The number of hydrogen-bond acceptors (Lipinski definition) is 2. The lowest BCUT2D eigenvalue weighted by atomic mass is 9.91. The first kappa shape index (κ1) is 55.6. The smallest absolute Gasteiger partial charge is 0.135 e. The zero-order valence-corrected chi connectivity index (χ0v) is 47.0. The van der Waals surface area contributed by atoms with E-state index in [9.17, 15) is 0 Å². The molecule has 0 saturated heterocycles. The molecule has 0 aliphatic heterocycles. The van der Waals surface area contributed by atoms with Crippen molar-refractivity contribution in [3.63, 3.8) is 0 Å². The van der Waals surface area contributed by atoms with Crippen LogP contribution >= 0.6 is 0 Å². The first-order valence-electron chi connectivity index (χ1n) is 27.5. The van der Waals surface area contributed by atoms with Crippen LogP contribution in [-0.2, 0) is 6.42 Å². The molecule has 0 atom stereocenters. The van der Waals surface area contributed by atoms with E-state index in [1.165, 1.54) is 99.9 Å². The van der Waals surface area contributed by atoms with Crippen LogP contribution in [0.25, 0.3) is 88.8 Å². The van der Waals surface area contributed by atoms with Crippen molar-refractivity contribution in [3.05, 3.63) is 252 Å². The van der Waals surface area contributed by atoms with Crippen LogP contribution in [0.2, 0.25) is 0 Å². The third-order valence-electron chi connectivity index (χ3n) is 13.8. The molecule has 76 heavy (non-hydrogen) atoms. The summed E-state index contributed by atoms with van der Waals surface area (Å²) in [6, 6.07) is 40.8. The molecule has 3 aliphatic carbocycles. The van der Waals surface area contributed by atoms with E-state index in [2.05, 4.69) is 185 Å². The zero-order valence-electron chi connectivity index (χ0n) is 47.0. The Balaban J connectivity index is 0.000000201. The minimum atomic E-state index is 0.917. The second kappa shape index (κ2) is 26.4. The van der Waals surface area contributed by atoms with Gasteiger partial charge in [-0.2, -0.15) is 0 Å². The maximum Gasteiger partial charge on any atom is 0.135 e. The fourth-order valence-electron chi connectivity index (χ4n) is 10.5. The Morgan fingerprint density at radius 1 is 0.658 bits per heavy atom. The molecule has 9 aromatic rings. The molecule has 0 fully saturated rings. The number of aromatic nitrogens is 1. The van der Waals surface area contributed by atoms with Crippen LogP contribution in [0.4, 0.5) is 0 Å². The molecule has 0 amide bonds. The van der Waals surface area contributed by atoms with Crippen LogP contribution in [0.3, 0.4) is 0 Å². The maximum atomic E-state index is 6.16. The van der Waals surface area contributed by atoms with E-state index in [4.69, 9.17) is 8.83 Å². The summed E-state index contributed by atoms with van der Waals surface area (Å²) in [5.41, 5.74) is 23.3. The van der Waals surface area contributed by atoms with E-state index in [1.54, 1.807) is 0 Å². The van der Waals surface area contributed by atoms with Crippen molar-refractivity contribution < 1.29 is 8.83 Å². The van der Waals surface area contributed by atoms with Crippen LogP contribution in [0.5, 0.6) is 0 Å². The third kappa shape index (κ3) is 11.6. The summed E-state index contributed by atoms with van der Waals surface area (Å²) in [5.74, 6) is 0. The van der Waals surface area contributed by atoms with Crippen LogP contribution in [0.1, 0.15) is 110 Å². The Morgan fingerprint density at radius 3 is 1.97 bits per heavy atom. The summed E-state index contributed by atoms with van der Waals surface area (Å²) in [7, 11) is 0. The Kier molecular flexibility index (Phi) is 19.3. The normalized spacial score (nSPS) is 13.6. The van der Waals surface area contributed by atoms with E-state index in [0.29, 0.717) is 0 Å². The third-order valence-corrected chi connectivity index (χ3v) is 13.8. The topological polar surface area (TPSA) is 31.2 Å². The summed E-state index contributed by atoms with van der Waals surface area (Å²) >= 11 is 0. The zero-order chi connectivity index (χ0) is 54.3. The first-order valence-corrected chi connectivity index (χ1v) is 27.5. The van der Waals surface area contributed by atoms with Crippen LogP contribution in [-0.4, -0.2) is 4.57 Å². The predicted octanol–water partition coefficient (Wildman–Crippen LogP) is 22.3. The largest absolute Gasteiger partial charge is 0.456 e. The fraction of sp³-hybridized carbons (Fsp3) is 0.205. The molecular formula is C73H77NO2. The predicted molar refractivity (Wildman–Crippen MR) is 335 cm³/mol. The number of nitrogens with zero attached hydrogens (tertiary/aromatic N) is 1. The van der Waals surface area contributed by atoms with E-state index in [0.717, 1.165) is 58.8 Å². The Morgan fingerprint density at radius 2 is 1.32 bits per heavy atom. The molecule has 6 aromatic carbocycles. The number of hydrogen-bond donors (Lipinski definition) is 0. The first-order chi connectivity index (χ1) is 37.3. The number of rotatable bonds is 7. The number of furan rings is 2. The molecular weight excluding hydrogens is 923 g/mol. The molecule has 3 aliphatic rings. The monoisotopic (exact) mass is 1000 g/mol. The average Bonchev–Trinajstić information content (AvgIpc) is 4.31. The summed E-state index contributed by atoms with van der Waals surface area (Å²) in [6.07, 6.45) is 32.0. The maximum absolute atomic E-state index is 6.16. The molecule has 3 heterocycles. The minimum Gasteiger partial charge on any atom is -0.456 e. The summed E-state index contributed by atoms with van der Waals surface area (Å²) in [4.78, 5) is 0. The fourth-order valence-corrected chi connectivity index (χ4v) is 10.5. The van der Waals surface area contributed by atoms with Gasteiger partial charge in [0.1, 0.15) is 22.3 Å². The van der Waals surface area contributed by atoms with Crippen molar-refractivity contribution in [3.8, 4) is 22.3 Å². The van der Waals surface area contributed by atoms with Gasteiger partial charge < -0.3 is 13.4 Å². The van der Waals surface area contributed by atoms with Gasteiger partial charge in [-0.05, 0) is 171 Å². The van der Waals surface area contributed by atoms with Gasteiger partial charge in [0.05, 0.1) is 5.52 Å². The van der Waals surface area contributed by atoms with Gasteiger partial charge in [-0.25, -0.2) is 0 Å². The molecule has 0 spiro atoms. The van der Waals surface area contributed by atoms with Crippen LogP contribution in [0.15, 0.2) is 232 Å². The highest BCUT2D eigenvalue weighted by atomic mass is 16.3. The van der Waals surface area contributed by atoms with Crippen molar-refractivity contribution in [2.24, 2.45) is 0 Å². The minimum absolute atomic E-state index is 0.917. The van der Waals surface area contributed by atoms with Crippen molar-refractivity contribution >= 4 is 66.6 Å². The lowest BCUT2D eigenvalue weighted by Crippen LogP contribution is -1.98. The highest BCUT2D eigenvalue weighted by molar-refractivity contribution is 6.11. The summed E-state index contributed by atoms with van der Waals surface area (Å²) in [6.45, 7) is 30.6. The molecule has 0 bridgehead atoms. The van der Waals surface area contributed by atoms with Gasteiger partial charge in [0, 0.05) is 38.3 Å². The number of benzene rings is 6. The van der Waals surface area contributed by atoms with Crippen molar-refractivity contribution in [2.75, 3.05) is 0 Å². The molecule has 12 rings (SSSR count). The average molecular weight is 1000 g/mol. The second-order valence-electron chi connectivity index (χ2n) is 18.5. The Labute approximate surface area is 453 Å². The summed E-state index contributed by atoms with van der Waals surface area (Å²) in [5, 5.41) is 6.06. The lowest BCUT2D eigenvalue weighted by molar-refractivity contribution is 0.668. The molecule has 0 N–H and O–H groups in total. The lowest BCUT2D eigenvalue weighted by Gasteiger charge is -2.13. The summed E-state index contributed by atoms with van der Waals surface area (Å²) < 4.78 is 14.3. The van der Waals surface area contributed by atoms with Crippen molar-refractivity contribution in [2.45, 2.75) is 102 Å². The molecule has 0 radical (unpaired) electrons. The van der Waals surface area contributed by atoms with E-state index >= 15 is 0 Å². The molecule has 0 saturated carbocycles. The van der Waals surface area contributed by atoms with Gasteiger partial charge in [0.2, 0.25) is 0 Å². The van der Waals surface area contributed by atoms with Gasteiger partial charge in [-0.15, -0.1) is 0 Å². The molecule has 0 unspecified atom stereocenters. The number of allylic oxidation sites excluding steroid dienone is 17. The standard InChI is InChI=1S/C40H31NO.C14H18.C13H10O.3C2H6/c1-4-5-15-34-26(3)38-35(41(34)30-12-8-10-25(2)17-20-30)21-18-29-23-28-11-9-14-31(39(28)40(29)38)27-19-22-37-33(24-27)32-13-6-7-16-36(32)42-37;1-4-9-12(3)14(5-2)13-10-7-6-8-11-13;1-9-6-7-13-11(8-9)10-4-2-3-5-12(10)14-13;3*1-2/h4-7,9-22,24H,1,8,23H2,2-3H3;4-7,9-10H,2,8,11H2,1,3H3;2-8H,1H3;3*1-2H3/b15-5-;9-4-,14-12+;;;;. The second-order valence-corrected chi connectivity index (χ2v) is 18.5. The number of para-hydroxylation sites is 2.